The fraction of sp³-hybridized carbons (Fsp3) is 0.724. The van der Waals surface area contributed by atoms with Crippen LogP contribution in [0.2, 0.25) is 0 Å². The van der Waals surface area contributed by atoms with Gasteiger partial charge in [-0.1, -0.05) is 67.9 Å². The molecule has 0 aromatic heterocycles. The van der Waals surface area contributed by atoms with Gasteiger partial charge in [0.05, 0.1) is 12.3 Å². The first-order chi connectivity index (χ1) is 15.4. The molecule has 0 amide bonds. The Labute approximate surface area is 212 Å². The van der Waals surface area contributed by atoms with Gasteiger partial charge in [0, 0.05) is 9.64 Å². The maximum Gasteiger partial charge on any atom is 0.309 e. The van der Waals surface area contributed by atoms with Gasteiger partial charge in [0.1, 0.15) is 6.61 Å². The molecule has 2 atom stereocenters. The van der Waals surface area contributed by atoms with Gasteiger partial charge in [-0.05, 0) is 73.1 Å². The fourth-order valence-electron chi connectivity index (χ4n) is 4.49. The van der Waals surface area contributed by atoms with E-state index >= 15 is 0 Å². The molecule has 0 bridgehead atoms. The second-order valence-corrected chi connectivity index (χ2v) is 13.9. The second kappa shape index (κ2) is 11.5. The standard InChI is InChI=1S/C29H48O4S/c1-12-27(7,8)23(25(32)33-17-16-24(30)31)19-29(11,13-2)28(9,10)34-21-14-15-22(20(3)18-21)26(4,5)6/h14-15,18,23H,12-13,16-17,19H2,1-11H3,(H,30,31). The van der Waals surface area contributed by atoms with Gasteiger partial charge in [-0.2, -0.15) is 0 Å². The number of carboxylic acid groups (broad SMARTS) is 1. The first kappa shape index (κ1) is 30.5. The number of hydrogen-bond donors (Lipinski definition) is 1. The van der Waals surface area contributed by atoms with Crippen molar-refractivity contribution in [3.8, 4) is 0 Å². The van der Waals surface area contributed by atoms with E-state index in [2.05, 4.69) is 94.4 Å². The van der Waals surface area contributed by atoms with Crippen LogP contribution < -0.4 is 0 Å². The lowest BCUT2D eigenvalue weighted by molar-refractivity contribution is -0.156. The summed E-state index contributed by atoms with van der Waals surface area (Å²) in [5.41, 5.74) is 2.39. The molecule has 0 aliphatic heterocycles. The van der Waals surface area contributed by atoms with Crippen molar-refractivity contribution < 1.29 is 19.4 Å². The second-order valence-electron chi connectivity index (χ2n) is 12.2. The Morgan fingerprint density at radius 1 is 1.00 bits per heavy atom. The van der Waals surface area contributed by atoms with Crippen LogP contribution in [0.25, 0.3) is 0 Å². The maximum absolute atomic E-state index is 13.2. The van der Waals surface area contributed by atoms with Crippen molar-refractivity contribution in [2.24, 2.45) is 16.7 Å². The smallest absolute Gasteiger partial charge is 0.309 e. The highest BCUT2D eigenvalue weighted by Gasteiger charge is 2.47. The van der Waals surface area contributed by atoms with Gasteiger partial charge < -0.3 is 9.84 Å². The molecule has 1 aromatic rings. The summed E-state index contributed by atoms with van der Waals surface area (Å²) in [6.45, 7) is 24.2. The number of ether oxygens (including phenoxy) is 1. The minimum atomic E-state index is -0.956. The molecule has 34 heavy (non-hydrogen) atoms. The summed E-state index contributed by atoms with van der Waals surface area (Å²) in [5.74, 6) is -1.54. The van der Waals surface area contributed by atoms with E-state index in [-0.39, 0.29) is 45.9 Å². The Bertz CT molecular complexity index is 850. The van der Waals surface area contributed by atoms with Crippen LogP contribution in [0.15, 0.2) is 23.1 Å². The summed E-state index contributed by atoms with van der Waals surface area (Å²) >= 11 is 1.87. The number of aryl methyl sites for hydroxylation is 1. The Balaban J connectivity index is 3.23. The molecule has 0 saturated heterocycles. The van der Waals surface area contributed by atoms with E-state index in [9.17, 15) is 9.59 Å². The number of benzene rings is 1. The topological polar surface area (TPSA) is 63.6 Å². The molecule has 0 spiro atoms. The van der Waals surface area contributed by atoms with Crippen molar-refractivity contribution in [1.82, 2.24) is 0 Å². The molecule has 0 saturated carbocycles. The van der Waals surface area contributed by atoms with Gasteiger partial charge in [-0.25, -0.2) is 0 Å². The van der Waals surface area contributed by atoms with E-state index in [1.807, 2.05) is 11.8 Å². The van der Waals surface area contributed by atoms with Gasteiger partial charge in [0.15, 0.2) is 0 Å². The van der Waals surface area contributed by atoms with Gasteiger partial charge in [0.25, 0.3) is 0 Å². The van der Waals surface area contributed by atoms with Crippen molar-refractivity contribution in [2.45, 2.75) is 117 Å². The van der Waals surface area contributed by atoms with E-state index in [4.69, 9.17) is 9.84 Å². The number of esters is 1. The molecule has 0 fully saturated rings. The molecule has 4 nitrogen and oxygen atoms in total. The number of carboxylic acids is 1. The predicted molar refractivity (Wildman–Crippen MR) is 144 cm³/mol. The molecule has 0 aliphatic rings. The summed E-state index contributed by atoms with van der Waals surface area (Å²) in [6.07, 6.45) is 2.29. The minimum Gasteiger partial charge on any atom is -0.481 e. The van der Waals surface area contributed by atoms with Crippen LogP contribution in [-0.2, 0) is 19.7 Å². The summed E-state index contributed by atoms with van der Waals surface area (Å²) in [4.78, 5) is 25.3. The highest BCUT2D eigenvalue weighted by molar-refractivity contribution is 8.00. The molecule has 1 N–H and O–H groups in total. The Kier molecular flexibility index (Phi) is 10.3. The van der Waals surface area contributed by atoms with Crippen molar-refractivity contribution in [3.05, 3.63) is 29.3 Å². The zero-order chi connectivity index (χ0) is 26.5. The van der Waals surface area contributed by atoms with Crippen molar-refractivity contribution >= 4 is 23.7 Å². The third-order valence-corrected chi connectivity index (χ3v) is 9.46. The van der Waals surface area contributed by atoms with Crippen LogP contribution >= 0.6 is 11.8 Å². The molecule has 0 radical (unpaired) electrons. The third-order valence-electron chi connectivity index (χ3n) is 7.97. The van der Waals surface area contributed by atoms with Gasteiger partial charge in [0.2, 0.25) is 0 Å². The van der Waals surface area contributed by atoms with E-state index in [1.54, 1.807) is 0 Å². The van der Waals surface area contributed by atoms with E-state index in [0.29, 0.717) is 6.42 Å². The summed E-state index contributed by atoms with van der Waals surface area (Å²) in [5, 5.41) is 8.93. The third kappa shape index (κ3) is 7.76. The molecule has 0 aliphatic carbocycles. The normalized spacial score (nSPS) is 15.5. The fourth-order valence-corrected chi connectivity index (χ4v) is 5.93. The van der Waals surface area contributed by atoms with Crippen LogP contribution in [0.3, 0.4) is 0 Å². The Morgan fingerprint density at radius 3 is 2.03 bits per heavy atom. The quantitative estimate of drug-likeness (QED) is 0.236. The number of thioether (sulfide) groups is 1. The highest BCUT2D eigenvalue weighted by atomic mass is 32.2. The summed E-state index contributed by atoms with van der Waals surface area (Å²) in [6, 6.07) is 6.76. The number of rotatable bonds is 12. The molecule has 0 heterocycles. The van der Waals surface area contributed by atoms with Crippen LogP contribution in [0.4, 0.5) is 0 Å². The van der Waals surface area contributed by atoms with Crippen LogP contribution in [0.1, 0.15) is 106 Å². The van der Waals surface area contributed by atoms with Crippen LogP contribution in [-0.4, -0.2) is 28.4 Å². The SMILES string of the molecule is CCC(C)(C)C(CC(C)(CC)C(C)(C)Sc1ccc(C(C)(C)C)c(C)c1)C(=O)OCCC(=O)O. The van der Waals surface area contributed by atoms with E-state index < -0.39 is 5.97 Å². The Hall–Kier alpha value is -1.49. The van der Waals surface area contributed by atoms with Gasteiger partial charge >= 0.3 is 11.9 Å². The molecular formula is C29H48O4S. The van der Waals surface area contributed by atoms with Crippen LogP contribution in [0.5, 0.6) is 0 Å². The van der Waals surface area contributed by atoms with Crippen molar-refractivity contribution in [2.75, 3.05) is 6.61 Å². The zero-order valence-corrected chi connectivity index (χ0v) is 24.2. The van der Waals surface area contributed by atoms with Crippen molar-refractivity contribution in [1.29, 1.82) is 0 Å². The average molecular weight is 493 g/mol. The maximum atomic E-state index is 13.2. The lowest BCUT2D eigenvalue weighted by Crippen LogP contribution is -2.44. The minimum absolute atomic E-state index is 0.0785. The number of carbonyl (C=O) groups excluding carboxylic acids is 1. The first-order valence-corrected chi connectivity index (χ1v) is 13.4. The summed E-state index contributed by atoms with van der Waals surface area (Å²) in [7, 11) is 0. The summed E-state index contributed by atoms with van der Waals surface area (Å²) < 4.78 is 5.32. The molecule has 1 rings (SSSR count). The van der Waals surface area contributed by atoms with E-state index in [0.717, 1.165) is 12.8 Å². The number of hydrogen-bond acceptors (Lipinski definition) is 4. The molecule has 2 unspecified atom stereocenters. The number of carbonyl (C=O) groups is 2. The predicted octanol–water partition coefficient (Wildman–Crippen LogP) is 8.04. The van der Waals surface area contributed by atoms with Gasteiger partial charge in [-0.3, -0.25) is 9.59 Å². The zero-order valence-electron chi connectivity index (χ0n) is 23.4. The van der Waals surface area contributed by atoms with Gasteiger partial charge in [-0.15, -0.1) is 11.8 Å². The average Bonchev–Trinajstić information content (AvgIpc) is 2.69. The lowest BCUT2D eigenvalue weighted by Gasteiger charge is -2.47. The molecule has 1 aromatic carbocycles. The first-order valence-electron chi connectivity index (χ1n) is 12.6. The largest absolute Gasteiger partial charge is 0.481 e. The number of aliphatic carboxylic acids is 1. The molecule has 5 heteroatoms. The highest BCUT2D eigenvalue weighted by Crippen LogP contribution is 2.53. The van der Waals surface area contributed by atoms with Crippen molar-refractivity contribution in [3.63, 3.8) is 0 Å². The van der Waals surface area contributed by atoms with E-state index in [1.165, 1.54) is 16.0 Å². The molecule has 194 valence electrons. The Morgan fingerprint density at radius 2 is 1.59 bits per heavy atom. The monoisotopic (exact) mass is 492 g/mol. The lowest BCUT2D eigenvalue weighted by atomic mass is 9.64. The molecular weight excluding hydrogens is 444 g/mol. The van der Waals surface area contributed by atoms with Crippen LogP contribution in [0, 0.1) is 23.7 Å².